The molecule has 1 aliphatic heterocycles. The first-order chi connectivity index (χ1) is 10.3. The van der Waals surface area contributed by atoms with Crippen molar-refractivity contribution in [2.45, 2.75) is 32.4 Å². The van der Waals surface area contributed by atoms with Crippen LogP contribution >= 0.6 is 11.3 Å². The van der Waals surface area contributed by atoms with Crippen LogP contribution in [0.2, 0.25) is 0 Å². The Balaban J connectivity index is 1.50. The summed E-state index contributed by atoms with van der Waals surface area (Å²) in [5.74, 6) is 0. The summed E-state index contributed by atoms with van der Waals surface area (Å²) in [6, 6.07) is 15.7. The van der Waals surface area contributed by atoms with E-state index in [4.69, 9.17) is 0 Å². The maximum Gasteiger partial charge on any atom is 0.0346 e. The molecule has 1 aliphatic rings. The molecule has 0 radical (unpaired) electrons. The predicted molar refractivity (Wildman–Crippen MR) is 91.7 cm³/mol. The first-order valence-corrected chi connectivity index (χ1v) is 8.73. The van der Waals surface area contributed by atoms with Crippen LogP contribution < -0.4 is 5.32 Å². The molecular weight excluding hydrogens is 276 g/mol. The molecule has 1 N–H and O–H groups in total. The lowest BCUT2D eigenvalue weighted by Gasteiger charge is -2.20. The summed E-state index contributed by atoms with van der Waals surface area (Å²) in [7, 11) is 0. The Labute approximate surface area is 131 Å². The van der Waals surface area contributed by atoms with E-state index in [1.165, 1.54) is 47.8 Å². The van der Waals surface area contributed by atoms with Crippen LogP contribution in [0.25, 0.3) is 10.4 Å². The standard InChI is InChI=1S/C18H24N2S/c1-15(14-20-11-5-6-12-20)19-13-17-9-10-18(21-17)16-7-3-2-4-8-16/h2-4,7-10,15,19H,5-6,11-14H2,1H3. The lowest BCUT2D eigenvalue weighted by atomic mass is 10.2. The van der Waals surface area contributed by atoms with Gasteiger partial charge in [0.2, 0.25) is 0 Å². The summed E-state index contributed by atoms with van der Waals surface area (Å²) in [5.41, 5.74) is 1.32. The van der Waals surface area contributed by atoms with Gasteiger partial charge in [0.1, 0.15) is 0 Å². The second-order valence-electron chi connectivity index (χ2n) is 5.92. The molecule has 0 saturated carbocycles. The lowest BCUT2D eigenvalue weighted by molar-refractivity contribution is 0.298. The number of thiophene rings is 1. The van der Waals surface area contributed by atoms with Crippen LogP contribution in [0, 0.1) is 0 Å². The van der Waals surface area contributed by atoms with Gasteiger partial charge in [-0.25, -0.2) is 0 Å². The second-order valence-corrected chi connectivity index (χ2v) is 7.09. The van der Waals surface area contributed by atoms with Gasteiger partial charge >= 0.3 is 0 Å². The van der Waals surface area contributed by atoms with Gasteiger partial charge in [0.05, 0.1) is 0 Å². The van der Waals surface area contributed by atoms with E-state index < -0.39 is 0 Å². The Bertz CT molecular complexity index is 543. The van der Waals surface area contributed by atoms with E-state index in [1.807, 2.05) is 11.3 Å². The fraction of sp³-hybridized carbons (Fsp3) is 0.444. The summed E-state index contributed by atoms with van der Waals surface area (Å²) >= 11 is 1.89. The molecular formula is C18H24N2S. The Morgan fingerprint density at radius 2 is 1.86 bits per heavy atom. The molecule has 0 spiro atoms. The zero-order chi connectivity index (χ0) is 14.5. The third-order valence-corrected chi connectivity index (χ3v) is 5.21. The summed E-state index contributed by atoms with van der Waals surface area (Å²) in [5, 5.41) is 3.66. The monoisotopic (exact) mass is 300 g/mol. The largest absolute Gasteiger partial charge is 0.308 e. The topological polar surface area (TPSA) is 15.3 Å². The van der Waals surface area contributed by atoms with E-state index in [2.05, 4.69) is 59.6 Å². The first kappa shape index (κ1) is 14.8. The van der Waals surface area contributed by atoms with E-state index in [9.17, 15) is 0 Å². The van der Waals surface area contributed by atoms with E-state index in [0.29, 0.717) is 6.04 Å². The van der Waals surface area contributed by atoms with Crippen LogP contribution in [0.15, 0.2) is 42.5 Å². The van der Waals surface area contributed by atoms with Gasteiger partial charge in [-0.1, -0.05) is 30.3 Å². The van der Waals surface area contributed by atoms with E-state index in [1.54, 1.807) is 0 Å². The number of likely N-dealkylation sites (tertiary alicyclic amines) is 1. The second kappa shape index (κ2) is 7.21. The molecule has 1 saturated heterocycles. The molecule has 3 heteroatoms. The van der Waals surface area contributed by atoms with Crippen molar-refractivity contribution in [1.29, 1.82) is 0 Å². The molecule has 0 amide bonds. The molecule has 1 aromatic heterocycles. The predicted octanol–water partition coefficient (Wildman–Crippen LogP) is 3.99. The van der Waals surface area contributed by atoms with Gasteiger partial charge in [-0.15, -0.1) is 11.3 Å². The minimum atomic E-state index is 0.561. The number of hydrogen-bond acceptors (Lipinski definition) is 3. The van der Waals surface area contributed by atoms with Gasteiger partial charge < -0.3 is 10.2 Å². The zero-order valence-corrected chi connectivity index (χ0v) is 13.5. The van der Waals surface area contributed by atoms with Crippen molar-refractivity contribution < 1.29 is 0 Å². The molecule has 1 atom stereocenters. The van der Waals surface area contributed by atoms with Gasteiger partial charge in [0.25, 0.3) is 0 Å². The quantitative estimate of drug-likeness (QED) is 0.868. The third-order valence-electron chi connectivity index (χ3n) is 4.08. The highest BCUT2D eigenvalue weighted by Crippen LogP contribution is 2.27. The van der Waals surface area contributed by atoms with Gasteiger partial charge in [0, 0.05) is 28.9 Å². The molecule has 0 bridgehead atoms. The Hall–Kier alpha value is -1.16. The fourth-order valence-electron chi connectivity index (χ4n) is 2.92. The van der Waals surface area contributed by atoms with Crippen molar-refractivity contribution in [3.8, 4) is 10.4 Å². The average Bonchev–Trinajstić information content (AvgIpc) is 3.17. The van der Waals surface area contributed by atoms with Gasteiger partial charge in [-0.05, 0) is 50.6 Å². The number of benzene rings is 1. The molecule has 1 aromatic carbocycles. The zero-order valence-electron chi connectivity index (χ0n) is 12.7. The highest BCUT2D eigenvalue weighted by Gasteiger charge is 2.14. The Morgan fingerprint density at radius 3 is 2.62 bits per heavy atom. The maximum absolute atomic E-state index is 3.66. The molecule has 2 heterocycles. The summed E-state index contributed by atoms with van der Waals surface area (Å²) in [4.78, 5) is 5.35. The smallest absolute Gasteiger partial charge is 0.0346 e. The van der Waals surface area contributed by atoms with E-state index >= 15 is 0 Å². The molecule has 2 aromatic rings. The van der Waals surface area contributed by atoms with Crippen molar-refractivity contribution in [3.05, 3.63) is 47.3 Å². The van der Waals surface area contributed by atoms with Gasteiger partial charge in [-0.2, -0.15) is 0 Å². The van der Waals surface area contributed by atoms with Crippen molar-refractivity contribution in [3.63, 3.8) is 0 Å². The number of rotatable bonds is 6. The molecule has 21 heavy (non-hydrogen) atoms. The molecule has 1 unspecified atom stereocenters. The summed E-state index contributed by atoms with van der Waals surface area (Å²) in [6.45, 7) is 7.01. The van der Waals surface area contributed by atoms with Crippen LogP contribution in [0.3, 0.4) is 0 Å². The molecule has 3 rings (SSSR count). The molecule has 1 fully saturated rings. The summed E-state index contributed by atoms with van der Waals surface area (Å²) < 4.78 is 0. The van der Waals surface area contributed by atoms with Crippen LogP contribution in [-0.2, 0) is 6.54 Å². The molecule has 112 valence electrons. The highest BCUT2D eigenvalue weighted by atomic mass is 32.1. The van der Waals surface area contributed by atoms with Crippen molar-refractivity contribution in [2.75, 3.05) is 19.6 Å². The number of nitrogens with zero attached hydrogens (tertiary/aromatic N) is 1. The Kier molecular flexibility index (Phi) is 5.07. The Morgan fingerprint density at radius 1 is 1.10 bits per heavy atom. The van der Waals surface area contributed by atoms with Crippen molar-refractivity contribution in [1.82, 2.24) is 10.2 Å². The first-order valence-electron chi connectivity index (χ1n) is 7.91. The van der Waals surface area contributed by atoms with Crippen LogP contribution in [0.4, 0.5) is 0 Å². The summed E-state index contributed by atoms with van der Waals surface area (Å²) in [6.07, 6.45) is 2.75. The third kappa shape index (κ3) is 4.16. The normalized spacial score (nSPS) is 17.2. The number of nitrogens with one attached hydrogen (secondary N) is 1. The van der Waals surface area contributed by atoms with Gasteiger partial charge in [0.15, 0.2) is 0 Å². The van der Waals surface area contributed by atoms with Gasteiger partial charge in [-0.3, -0.25) is 0 Å². The SMILES string of the molecule is CC(CN1CCCC1)NCc1ccc(-c2ccccc2)s1. The highest BCUT2D eigenvalue weighted by molar-refractivity contribution is 7.15. The van der Waals surface area contributed by atoms with Crippen LogP contribution in [0.5, 0.6) is 0 Å². The molecule has 0 aliphatic carbocycles. The molecule has 2 nitrogen and oxygen atoms in total. The minimum absolute atomic E-state index is 0.561. The van der Waals surface area contributed by atoms with Crippen LogP contribution in [-0.4, -0.2) is 30.6 Å². The van der Waals surface area contributed by atoms with E-state index in [-0.39, 0.29) is 0 Å². The van der Waals surface area contributed by atoms with E-state index in [0.717, 1.165) is 6.54 Å². The fourth-order valence-corrected chi connectivity index (χ4v) is 3.89. The minimum Gasteiger partial charge on any atom is -0.308 e. The lowest BCUT2D eigenvalue weighted by Crippen LogP contribution is -2.37. The van der Waals surface area contributed by atoms with Crippen molar-refractivity contribution in [2.24, 2.45) is 0 Å². The van der Waals surface area contributed by atoms with Crippen molar-refractivity contribution >= 4 is 11.3 Å². The number of hydrogen-bond donors (Lipinski definition) is 1. The van der Waals surface area contributed by atoms with Crippen LogP contribution in [0.1, 0.15) is 24.6 Å². The maximum atomic E-state index is 3.66. The average molecular weight is 300 g/mol.